The second kappa shape index (κ2) is 3.52. The lowest BCUT2D eigenvalue weighted by molar-refractivity contribution is 1.42. The lowest BCUT2D eigenvalue weighted by Gasteiger charge is -1.94. The summed E-state index contributed by atoms with van der Waals surface area (Å²) < 4.78 is 0. The number of nitrogens with zero attached hydrogens (tertiary/aromatic N) is 2. The minimum atomic E-state index is 0.758. The molecule has 0 atom stereocenters. The van der Waals surface area contributed by atoms with Gasteiger partial charge in [-0.25, -0.2) is 0 Å². The van der Waals surface area contributed by atoms with E-state index in [0.29, 0.717) is 0 Å². The maximum Gasteiger partial charge on any atom is 0.205 e. The van der Waals surface area contributed by atoms with Gasteiger partial charge >= 0.3 is 0 Å². The first-order chi connectivity index (χ1) is 5.34. The molecule has 0 aliphatic carbocycles. The summed E-state index contributed by atoms with van der Waals surface area (Å²) in [5.74, 6) is 0. The van der Waals surface area contributed by atoms with Crippen molar-refractivity contribution in [2.24, 2.45) is 4.99 Å². The van der Waals surface area contributed by atoms with E-state index in [0.717, 1.165) is 11.3 Å². The van der Waals surface area contributed by atoms with E-state index in [2.05, 4.69) is 4.99 Å². The summed E-state index contributed by atoms with van der Waals surface area (Å²) in [5, 5.41) is 8.26. The van der Waals surface area contributed by atoms with Crippen LogP contribution >= 0.6 is 0 Å². The molecule has 0 saturated carbocycles. The summed E-state index contributed by atoms with van der Waals surface area (Å²) in [6.45, 7) is 1.82. The molecule has 1 aromatic rings. The van der Waals surface area contributed by atoms with Crippen LogP contribution in [0.15, 0.2) is 35.3 Å². The average Bonchev–Trinajstić information content (AvgIpc) is 2.07. The monoisotopic (exact) mass is 144 g/mol. The largest absolute Gasteiger partial charge is 0.205 e. The standard InChI is InChI=1S/C9H8N2/c1-8(11-7-10)9-5-3-2-4-6-9/h2-6H,1H3/b11-8-. The first kappa shape index (κ1) is 7.49. The van der Waals surface area contributed by atoms with Crippen LogP contribution in [0.5, 0.6) is 0 Å². The summed E-state index contributed by atoms with van der Waals surface area (Å²) >= 11 is 0. The summed E-state index contributed by atoms with van der Waals surface area (Å²) in [5.41, 5.74) is 1.75. The Hall–Kier alpha value is -1.62. The summed E-state index contributed by atoms with van der Waals surface area (Å²) in [4.78, 5) is 3.62. The van der Waals surface area contributed by atoms with Gasteiger partial charge in [0.2, 0.25) is 6.19 Å². The van der Waals surface area contributed by atoms with E-state index in [1.807, 2.05) is 37.3 Å². The third kappa shape index (κ3) is 1.91. The lowest BCUT2D eigenvalue weighted by Crippen LogP contribution is -1.91. The van der Waals surface area contributed by atoms with Crippen molar-refractivity contribution in [2.45, 2.75) is 6.92 Å². The minimum Gasteiger partial charge on any atom is -0.178 e. The van der Waals surface area contributed by atoms with Gasteiger partial charge in [-0.05, 0) is 12.5 Å². The Balaban J connectivity index is 2.96. The molecule has 2 nitrogen and oxygen atoms in total. The van der Waals surface area contributed by atoms with Crippen molar-refractivity contribution in [3.8, 4) is 6.19 Å². The number of hydrogen-bond acceptors (Lipinski definition) is 2. The van der Waals surface area contributed by atoms with Crippen LogP contribution in [0.2, 0.25) is 0 Å². The SMILES string of the molecule is C/C(=N/C#N)c1ccccc1. The Kier molecular flexibility index (Phi) is 2.40. The van der Waals surface area contributed by atoms with E-state index in [1.165, 1.54) is 0 Å². The molecule has 0 saturated heterocycles. The predicted octanol–water partition coefficient (Wildman–Crippen LogP) is 1.98. The number of aliphatic imine (C=N–C) groups is 1. The molecule has 0 aliphatic heterocycles. The zero-order valence-corrected chi connectivity index (χ0v) is 6.28. The van der Waals surface area contributed by atoms with Crippen LogP contribution in [0.25, 0.3) is 0 Å². The van der Waals surface area contributed by atoms with Gasteiger partial charge in [-0.15, -0.1) is 0 Å². The molecule has 0 aliphatic rings. The molecule has 1 aromatic carbocycles. The van der Waals surface area contributed by atoms with E-state index in [1.54, 1.807) is 6.19 Å². The van der Waals surface area contributed by atoms with E-state index in [9.17, 15) is 0 Å². The maximum atomic E-state index is 8.26. The molecular formula is C9H8N2. The molecule has 54 valence electrons. The zero-order chi connectivity index (χ0) is 8.10. The molecular weight excluding hydrogens is 136 g/mol. The van der Waals surface area contributed by atoms with Gasteiger partial charge in [0.1, 0.15) is 0 Å². The average molecular weight is 144 g/mol. The Morgan fingerprint density at radius 3 is 2.55 bits per heavy atom. The van der Waals surface area contributed by atoms with Crippen molar-refractivity contribution in [3.05, 3.63) is 35.9 Å². The van der Waals surface area contributed by atoms with E-state index in [-0.39, 0.29) is 0 Å². The van der Waals surface area contributed by atoms with Crippen molar-refractivity contribution in [2.75, 3.05) is 0 Å². The van der Waals surface area contributed by atoms with Crippen LogP contribution < -0.4 is 0 Å². The normalized spacial score (nSPS) is 10.7. The number of benzene rings is 1. The van der Waals surface area contributed by atoms with Crippen molar-refractivity contribution < 1.29 is 0 Å². The smallest absolute Gasteiger partial charge is 0.178 e. The Morgan fingerprint density at radius 1 is 1.36 bits per heavy atom. The molecule has 0 N–H and O–H groups in total. The number of rotatable bonds is 1. The molecule has 1 rings (SSSR count). The van der Waals surface area contributed by atoms with Gasteiger partial charge < -0.3 is 0 Å². The first-order valence-electron chi connectivity index (χ1n) is 3.33. The summed E-state index contributed by atoms with van der Waals surface area (Å²) in [7, 11) is 0. The summed E-state index contributed by atoms with van der Waals surface area (Å²) in [6.07, 6.45) is 1.75. The van der Waals surface area contributed by atoms with Crippen molar-refractivity contribution in [1.29, 1.82) is 5.26 Å². The molecule has 0 spiro atoms. The molecule has 0 amide bonds. The molecule has 0 heterocycles. The highest BCUT2D eigenvalue weighted by atomic mass is 14.7. The number of hydrogen-bond donors (Lipinski definition) is 0. The second-order valence-corrected chi connectivity index (χ2v) is 2.16. The molecule has 0 unspecified atom stereocenters. The van der Waals surface area contributed by atoms with E-state index >= 15 is 0 Å². The molecule has 0 fully saturated rings. The van der Waals surface area contributed by atoms with Crippen LogP contribution in [-0.4, -0.2) is 5.71 Å². The fraction of sp³-hybridized carbons (Fsp3) is 0.111. The third-order valence-electron chi connectivity index (χ3n) is 1.41. The van der Waals surface area contributed by atoms with Gasteiger partial charge in [0.25, 0.3) is 0 Å². The van der Waals surface area contributed by atoms with Gasteiger partial charge in [-0.2, -0.15) is 10.3 Å². The minimum absolute atomic E-state index is 0.758. The van der Waals surface area contributed by atoms with Crippen LogP contribution in [0, 0.1) is 11.5 Å². The van der Waals surface area contributed by atoms with Gasteiger partial charge in [0.15, 0.2) is 0 Å². The third-order valence-corrected chi connectivity index (χ3v) is 1.41. The molecule has 0 bridgehead atoms. The first-order valence-corrected chi connectivity index (χ1v) is 3.33. The Morgan fingerprint density at radius 2 is 2.00 bits per heavy atom. The fourth-order valence-electron chi connectivity index (χ4n) is 0.819. The molecule has 2 heteroatoms. The second-order valence-electron chi connectivity index (χ2n) is 2.16. The van der Waals surface area contributed by atoms with Gasteiger partial charge in [-0.1, -0.05) is 30.3 Å². The van der Waals surface area contributed by atoms with Gasteiger partial charge in [0.05, 0.1) is 5.71 Å². The Labute approximate surface area is 65.8 Å². The van der Waals surface area contributed by atoms with Crippen LogP contribution in [-0.2, 0) is 0 Å². The van der Waals surface area contributed by atoms with E-state index < -0.39 is 0 Å². The van der Waals surface area contributed by atoms with Crippen molar-refractivity contribution >= 4 is 5.71 Å². The topological polar surface area (TPSA) is 36.1 Å². The lowest BCUT2D eigenvalue weighted by atomic mass is 10.1. The molecule has 0 aromatic heterocycles. The van der Waals surface area contributed by atoms with Crippen molar-refractivity contribution in [1.82, 2.24) is 0 Å². The summed E-state index contributed by atoms with van der Waals surface area (Å²) in [6, 6.07) is 9.63. The van der Waals surface area contributed by atoms with Crippen LogP contribution in [0.3, 0.4) is 0 Å². The van der Waals surface area contributed by atoms with Crippen molar-refractivity contribution in [3.63, 3.8) is 0 Å². The van der Waals surface area contributed by atoms with Gasteiger partial charge in [-0.3, -0.25) is 0 Å². The number of nitriles is 1. The van der Waals surface area contributed by atoms with E-state index in [4.69, 9.17) is 5.26 Å². The highest BCUT2D eigenvalue weighted by Gasteiger charge is 1.92. The highest BCUT2D eigenvalue weighted by molar-refractivity contribution is 5.99. The van der Waals surface area contributed by atoms with Crippen LogP contribution in [0.1, 0.15) is 12.5 Å². The fourth-order valence-corrected chi connectivity index (χ4v) is 0.819. The zero-order valence-electron chi connectivity index (χ0n) is 6.28. The highest BCUT2D eigenvalue weighted by Crippen LogP contribution is 1.99. The molecule has 0 radical (unpaired) electrons. The van der Waals surface area contributed by atoms with Crippen LogP contribution in [0.4, 0.5) is 0 Å². The quantitative estimate of drug-likeness (QED) is 0.438. The molecule has 11 heavy (non-hydrogen) atoms. The predicted molar refractivity (Wildman–Crippen MR) is 44.3 cm³/mol. The Bertz CT molecular complexity index is 293. The van der Waals surface area contributed by atoms with Gasteiger partial charge in [0, 0.05) is 0 Å². The maximum absolute atomic E-state index is 8.26.